The Balaban J connectivity index is 2.20. The minimum atomic E-state index is -0.912. The highest BCUT2D eigenvalue weighted by Crippen LogP contribution is 2.35. The van der Waals surface area contributed by atoms with Gasteiger partial charge in [0, 0.05) is 25.3 Å². The molecule has 1 heterocycles. The zero-order valence-electron chi connectivity index (χ0n) is 13.4. The first-order valence-electron chi connectivity index (χ1n) is 7.76. The van der Waals surface area contributed by atoms with Crippen molar-refractivity contribution in [2.45, 2.75) is 45.6 Å². The van der Waals surface area contributed by atoms with Crippen LogP contribution in [0.3, 0.4) is 0 Å². The number of fused-ring (bicyclic) bond motifs is 1. The smallest absolute Gasteiger partial charge is 0.303 e. The van der Waals surface area contributed by atoms with Crippen LogP contribution < -0.4 is 9.64 Å². The van der Waals surface area contributed by atoms with Crippen LogP contribution in [0, 0.1) is 0 Å². The van der Waals surface area contributed by atoms with E-state index in [1.807, 2.05) is 6.92 Å². The number of carbonyl (C=O) groups is 3. The summed E-state index contributed by atoms with van der Waals surface area (Å²) in [6.07, 6.45) is 1.18. The second-order valence-electron chi connectivity index (χ2n) is 5.63. The summed E-state index contributed by atoms with van der Waals surface area (Å²) in [7, 11) is 0. The van der Waals surface area contributed by atoms with Crippen molar-refractivity contribution in [2.75, 3.05) is 11.4 Å². The van der Waals surface area contributed by atoms with Gasteiger partial charge in [0.15, 0.2) is 5.78 Å². The zero-order chi connectivity index (χ0) is 17.0. The molecule has 0 radical (unpaired) electrons. The van der Waals surface area contributed by atoms with Crippen LogP contribution in [0.25, 0.3) is 0 Å². The minimum absolute atomic E-state index is 0.0302. The van der Waals surface area contributed by atoms with Crippen LogP contribution in [0.1, 0.15) is 49.9 Å². The molecule has 1 aromatic carbocycles. The van der Waals surface area contributed by atoms with Gasteiger partial charge < -0.3 is 14.7 Å². The molecule has 2 rings (SSSR count). The van der Waals surface area contributed by atoms with Gasteiger partial charge in [0.05, 0.1) is 12.2 Å². The van der Waals surface area contributed by atoms with Crippen molar-refractivity contribution in [1.29, 1.82) is 0 Å². The predicted molar refractivity (Wildman–Crippen MR) is 85.0 cm³/mol. The van der Waals surface area contributed by atoms with Crippen LogP contribution in [-0.4, -0.2) is 35.4 Å². The number of anilines is 1. The van der Waals surface area contributed by atoms with Crippen LogP contribution in [0.15, 0.2) is 18.2 Å². The maximum absolute atomic E-state index is 12.2. The molecule has 0 spiro atoms. The second kappa shape index (κ2) is 7.26. The lowest BCUT2D eigenvalue weighted by molar-refractivity contribution is -0.137. The highest BCUT2D eigenvalue weighted by molar-refractivity contribution is 6.00. The van der Waals surface area contributed by atoms with Gasteiger partial charge in [0.2, 0.25) is 5.91 Å². The lowest BCUT2D eigenvalue weighted by atomic mass is 10.0. The number of carbonyl (C=O) groups excluding carboxylic acids is 2. The predicted octanol–water partition coefficient (Wildman–Crippen LogP) is 2.65. The van der Waals surface area contributed by atoms with Crippen molar-refractivity contribution >= 4 is 23.3 Å². The molecule has 1 atom stereocenters. The summed E-state index contributed by atoms with van der Waals surface area (Å²) in [4.78, 5) is 36.2. The number of carboxylic acid groups (broad SMARTS) is 1. The summed E-state index contributed by atoms with van der Waals surface area (Å²) < 4.78 is 5.83. The van der Waals surface area contributed by atoms with Crippen molar-refractivity contribution in [2.24, 2.45) is 0 Å². The Morgan fingerprint density at radius 1 is 1.30 bits per heavy atom. The highest BCUT2D eigenvalue weighted by atomic mass is 16.5. The molecule has 0 bridgehead atoms. The minimum Gasteiger partial charge on any atom is -0.486 e. The van der Waals surface area contributed by atoms with Crippen LogP contribution in [0.5, 0.6) is 5.75 Å². The average Bonchev–Trinajstić information content (AvgIpc) is 2.52. The van der Waals surface area contributed by atoms with E-state index in [0.29, 0.717) is 30.0 Å². The average molecular weight is 319 g/mol. The van der Waals surface area contributed by atoms with Crippen LogP contribution in [-0.2, 0) is 9.59 Å². The number of rotatable bonds is 6. The molecule has 0 aliphatic carbocycles. The molecule has 0 saturated carbocycles. The van der Waals surface area contributed by atoms with Gasteiger partial charge in [0.1, 0.15) is 11.9 Å². The lowest BCUT2D eigenvalue weighted by Gasteiger charge is -2.34. The van der Waals surface area contributed by atoms with E-state index < -0.39 is 5.97 Å². The van der Waals surface area contributed by atoms with Crippen molar-refractivity contribution in [3.05, 3.63) is 23.8 Å². The molecule has 1 N–H and O–H groups in total. The Bertz CT molecular complexity index is 625. The van der Waals surface area contributed by atoms with Crippen molar-refractivity contribution in [3.8, 4) is 5.75 Å². The van der Waals surface area contributed by atoms with Crippen molar-refractivity contribution in [1.82, 2.24) is 0 Å². The topological polar surface area (TPSA) is 83.9 Å². The first kappa shape index (κ1) is 17.0. The fraction of sp³-hybridized carbons (Fsp3) is 0.471. The molecule has 0 fully saturated rings. The summed E-state index contributed by atoms with van der Waals surface area (Å²) in [5.41, 5.74) is 1.07. The van der Waals surface area contributed by atoms with Crippen LogP contribution in [0.4, 0.5) is 5.69 Å². The number of carboxylic acids is 1. The molecule has 6 heteroatoms. The molecule has 0 aromatic heterocycles. The van der Waals surface area contributed by atoms with Crippen molar-refractivity contribution in [3.63, 3.8) is 0 Å². The number of hydrogen-bond acceptors (Lipinski definition) is 4. The van der Waals surface area contributed by atoms with E-state index in [-0.39, 0.29) is 30.6 Å². The third-order valence-electron chi connectivity index (χ3n) is 3.88. The molecule has 1 aliphatic rings. The summed E-state index contributed by atoms with van der Waals surface area (Å²) in [6, 6.07) is 5.03. The van der Waals surface area contributed by atoms with E-state index >= 15 is 0 Å². The van der Waals surface area contributed by atoms with E-state index in [9.17, 15) is 14.4 Å². The number of aliphatic carboxylic acids is 1. The first-order chi connectivity index (χ1) is 10.9. The fourth-order valence-electron chi connectivity index (χ4n) is 2.58. The number of hydrogen-bond donors (Lipinski definition) is 1. The monoisotopic (exact) mass is 319 g/mol. The number of benzene rings is 1. The van der Waals surface area contributed by atoms with Crippen LogP contribution in [0.2, 0.25) is 0 Å². The summed E-state index contributed by atoms with van der Waals surface area (Å²) in [6.45, 7) is 3.95. The number of nitrogens with zero attached hydrogens (tertiary/aromatic N) is 1. The van der Waals surface area contributed by atoms with Gasteiger partial charge in [-0.25, -0.2) is 0 Å². The Labute approximate surface area is 135 Å². The van der Waals surface area contributed by atoms with Crippen molar-refractivity contribution < 1.29 is 24.2 Å². The zero-order valence-corrected chi connectivity index (χ0v) is 13.4. The number of amides is 1. The number of ketones is 1. The third-order valence-corrected chi connectivity index (χ3v) is 3.88. The molecular weight excluding hydrogens is 298 g/mol. The van der Waals surface area contributed by atoms with E-state index in [4.69, 9.17) is 9.84 Å². The molecule has 1 unspecified atom stereocenters. The molecule has 23 heavy (non-hydrogen) atoms. The number of ether oxygens (including phenoxy) is 1. The second-order valence-corrected chi connectivity index (χ2v) is 5.63. The van der Waals surface area contributed by atoms with Gasteiger partial charge in [-0.1, -0.05) is 6.92 Å². The van der Waals surface area contributed by atoms with Gasteiger partial charge in [-0.05, 0) is 31.0 Å². The van der Waals surface area contributed by atoms with E-state index in [2.05, 4.69) is 0 Å². The standard InChI is InChI=1S/C17H21NO5/c1-3-13-10-18(11(2)19)14-9-12(7-8-16(14)23-13)15(20)5-4-6-17(21)22/h7-9,13H,3-6,10H2,1-2H3,(H,21,22). The normalized spacial score (nSPS) is 16.4. The SMILES string of the molecule is CCC1CN(C(C)=O)c2cc(C(=O)CCCC(=O)O)ccc2O1. The van der Waals surface area contributed by atoms with Gasteiger partial charge in [-0.2, -0.15) is 0 Å². The maximum atomic E-state index is 12.2. The summed E-state index contributed by atoms with van der Waals surface area (Å²) in [5, 5.41) is 8.63. The highest BCUT2D eigenvalue weighted by Gasteiger charge is 2.27. The largest absolute Gasteiger partial charge is 0.486 e. The fourth-order valence-corrected chi connectivity index (χ4v) is 2.58. The Morgan fingerprint density at radius 2 is 2.04 bits per heavy atom. The van der Waals surface area contributed by atoms with E-state index in [1.165, 1.54) is 6.92 Å². The molecule has 124 valence electrons. The van der Waals surface area contributed by atoms with Gasteiger partial charge >= 0.3 is 5.97 Å². The summed E-state index contributed by atoms with van der Waals surface area (Å²) in [5.74, 6) is -0.538. The molecule has 6 nitrogen and oxygen atoms in total. The lowest BCUT2D eigenvalue weighted by Crippen LogP contribution is -2.42. The molecule has 1 amide bonds. The van der Waals surface area contributed by atoms with Gasteiger partial charge in [-0.15, -0.1) is 0 Å². The van der Waals surface area contributed by atoms with E-state index in [1.54, 1.807) is 23.1 Å². The quantitative estimate of drug-likeness (QED) is 0.815. The Hall–Kier alpha value is -2.37. The first-order valence-corrected chi connectivity index (χ1v) is 7.76. The summed E-state index contributed by atoms with van der Waals surface area (Å²) >= 11 is 0. The Kier molecular flexibility index (Phi) is 5.36. The molecule has 1 aromatic rings. The van der Waals surface area contributed by atoms with E-state index in [0.717, 1.165) is 6.42 Å². The Morgan fingerprint density at radius 3 is 2.65 bits per heavy atom. The maximum Gasteiger partial charge on any atom is 0.303 e. The van der Waals surface area contributed by atoms with Gasteiger partial charge in [-0.3, -0.25) is 14.4 Å². The third kappa shape index (κ3) is 4.09. The number of Topliss-reactive ketones (excluding diaryl/α,β-unsaturated/α-hetero) is 1. The van der Waals surface area contributed by atoms with Gasteiger partial charge in [0.25, 0.3) is 0 Å². The molecule has 1 aliphatic heterocycles. The van der Waals surface area contributed by atoms with Crippen LogP contribution >= 0.6 is 0 Å². The molecule has 0 saturated heterocycles. The molecular formula is C17H21NO5.